The molecule has 3 aromatic heterocycles. The number of rotatable bonds is 4. The van der Waals surface area contributed by atoms with Gasteiger partial charge in [-0.05, 0) is 24.5 Å². The van der Waals surface area contributed by atoms with Crippen molar-refractivity contribution in [2.45, 2.75) is 6.42 Å². The van der Waals surface area contributed by atoms with Crippen LogP contribution in [-0.2, 0) is 0 Å². The lowest BCUT2D eigenvalue weighted by Gasteiger charge is -2.16. The number of amides is 1. The molecule has 4 aromatic rings. The number of imidazole rings is 1. The molecule has 1 aliphatic rings. The van der Waals surface area contributed by atoms with Crippen LogP contribution in [0.15, 0.2) is 46.6 Å². The van der Waals surface area contributed by atoms with Gasteiger partial charge in [0.15, 0.2) is 5.58 Å². The van der Waals surface area contributed by atoms with Gasteiger partial charge in [-0.15, -0.1) is 11.3 Å². The van der Waals surface area contributed by atoms with Gasteiger partial charge < -0.3 is 14.6 Å². The summed E-state index contributed by atoms with van der Waals surface area (Å²) < 4.78 is 7.55. The Morgan fingerprint density at radius 1 is 1.38 bits per heavy atom. The second-order valence-electron chi connectivity index (χ2n) is 6.50. The number of carbonyl (C=O) groups is 1. The van der Waals surface area contributed by atoms with Crippen molar-refractivity contribution in [2.24, 2.45) is 5.92 Å². The molecule has 0 bridgehead atoms. The molecule has 4 heterocycles. The highest BCUT2D eigenvalue weighted by molar-refractivity contribution is 7.15. The molecule has 1 unspecified atom stereocenters. The molecule has 132 valence electrons. The van der Waals surface area contributed by atoms with Gasteiger partial charge in [-0.2, -0.15) is 4.98 Å². The van der Waals surface area contributed by atoms with E-state index in [-0.39, 0.29) is 5.91 Å². The maximum atomic E-state index is 12.8. The number of likely N-dealkylation sites (tertiary alicyclic amines) is 1. The Morgan fingerprint density at radius 3 is 3.23 bits per heavy atom. The number of thiazole rings is 1. The van der Waals surface area contributed by atoms with Crippen LogP contribution in [0, 0.1) is 5.92 Å². The lowest BCUT2D eigenvalue weighted by molar-refractivity contribution is 0.0781. The minimum Gasteiger partial charge on any atom is -0.424 e. The Kier molecular flexibility index (Phi) is 3.63. The number of nitrogens with one attached hydrogen (secondary N) is 1. The van der Waals surface area contributed by atoms with Crippen LogP contribution in [0.3, 0.4) is 0 Å². The van der Waals surface area contributed by atoms with Crippen molar-refractivity contribution in [1.82, 2.24) is 19.3 Å². The zero-order valence-corrected chi connectivity index (χ0v) is 14.8. The first-order chi connectivity index (χ1) is 12.8. The zero-order valence-electron chi connectivity index (χ0n) is 14.0. The summed E-state index contributed by atoms with van der Waals surface area (Å²) >= 11 is 1.54. The van der Waals surface area contributed by atoms with Crippen LogP contribution >= 0.6 is 11.3 Å². The Bertz CT molecular complexity index is 1050. The first kappa shape index (κ1) is 15.4. The molecule has 1 amide bonds. The van der Waals surface area contributed by atoms with Crippen LogP contribution < -0.4 is 5.32 Å². The van der Waals surface area contributed by atoms with Gasteiger partial charge in [-0.1, -0.05) is 12.1 Å². The molecule has 7 nitrogen and oxygen atoms in total. The van der Waals surface area contributed by atoms with Crippen LogP contribution in [0.4, 0.5) is 6.01 Å². The molecular formula is C18H17N5O2S. The van der Waals surface area contributed by atoms with Crippen LogP contribution in [0.1, 0.15) is 16.9 Å². The monoisotopic (exact) mass is 367 g/mol. The molecule has 0 spiro atoms. The first-order valence-corrected chi connectivity index (χ1v) is 9.44. The molecule has 1 aliphatic heterocycles. The summed E-state index contributed by atoms with van der Waals surface area (Å²) in [6.45, 7) is 2.24. The molecule has 1 aromatic carbocycles. The molecule has 0 aliphatic carbocycles. The molecule has 8 heteroatoms. The third kappa shape index (κ3) is 2.62. The van der Waals surface area contributed by atoms with Crippen LogP contribution in [-0.4, -0.2) is 44.8 Å². The number of hydrogen-bond acceptors (Lipinski definition) is 6. The van der Waals surface area contributed by atoms with Crippen molar-refractivity contribution < 1.29 is 9.21 Å². The summed E-state index contributed by atoms with van der Waals surface area (Å²) in [4.78, 5) is 24.2. The summed E-state index contributed by atoms with van der Waals surface area (Å²) in [7, 11) is 0. The van der Waals surface area contributed by atoms with E-state index in [2.05, 4.69) is 15.3 Å². The Morgan fingerprint density at radius 2 is 2.31 bits per heavy atom. The van der Waals surface area contributed by atoms with Crippen molar-refractivity contribution in [3.63, 3.8) is 0 Å². The molecule has 5 rings (SSSR count). The topological polar surface area (TPSA) is 75.7 Å². The van der Waals surface area contributed by atoms with E-state index in [0.29, 0.717) is 17.6 Å². The summed E-state index contributed by atoms with van der Waals surface area (Å²) in [5.41, 5.74) is 2.31. The van der Waals surface area contributed by atoms with Crippen molar-refractivity contribution >= 4 is 39.2 Å². The largest absolute Gasteiger partial charge is 0.424 e. The molecule has 1 N–H and O–H groups in total. The van der Waals surface area contributed by atoms with Crippen LogP contribution in [0.25, 0.3) is 15.9 Å². The summed E-state index contributed by atoms with van der Waals surface area (Å²) in [5, 5.41) is 5.17. The average Bonchev–Trinajstić information content (AvgIpc) is 3.42. The minimum absolute atomic E-state index is 0.0682. The molecule has 0 saturated carbocycles. The quantitative estimate of drug-likeness (QED) is 0.600. The number of anilines is 1. The van der Waals surface area contributed by atoms with E-state index >= 15 is 0 Å². The lowest BCUT2D eigenvalue weighted by Crippen LogP contribution is -2.30. The predicted molar refractivity (Wildman–Crippen MR) is 99.6 cm³/mol. The van der Waals surface area contributed by atoms with Crippen molar-refractivity contribution in [2.75, 3.05) is 25.0 Å². The fraction of sp³-hybridized carbons (Fsp3) is 0.278. The number of hydrogen-bond donors (Lipinski definition) is 1. The van der Waals surface area contributed by atoms with Crippen LogP contribution in [0.2, 0.25) is 0 Å². The smallest absolute Gasteiger partial charge is 0.295 e. The van der Waals surface area contributed by atoms with Gasteiger partial charge in [0.05, 0.1) is 6.20 Å². The Labute approximate surface area is 153 Å². The molecule has 1 fully saturated rings. The number of fused-ring (bicyclic) bond motifs is 2. The predicted octanol–water partition coefficient (Wildman–Crippen LogP) is 3.11. The molecule has 0 radical (unpaired) electrons. The third-order valence-electron chi connectivity index (χ3n) is 4.78. The van der Waals surface area contributed by atoms with E-state index in [4.69, 9.17) is 4.42 Å². The second-order valence-corrected chi connectivity index (χ2v) is 7.39. The van der Waals surface area contributed by atoms with Gasteiger partial charge in [-0.25, -0.2) is 4.98 Å². The Hall–Kier alpha value is -2.87. The van der Waals surface area contributed by atoms with Crippen LogP contribution in [0.5, 0.6) is 0 Å². The fourth-order valence-corrected chi connectivity index (χ4v) is 4.23. The number of para-hydroxylation sites is 2. The van der Waals surface area contributed by atoms with Gasteiger partial charge in [0, 0.05) is 25.0 Å². The molecule has 1 saturated heterocycles. The van der Waals surface area contributed by atoms with Crippen molar-refractivity contribution in [1.29, 1.82) is 0 Å². The van der Waals surface area contributed by atoms with Gasteiger partial charge in [0.25, 0.3) is 11.9 Å². The normalized spacial score (nSPS) is 17.4. The number of oxazole rings is 1. The second kappa shape index (κ2) is 6.14. The van der Waals surface area contributed by atoms with Gasteiger partial charge >= 0.3 is 0 Å². The van der Waals surface area contributed by atoms with Crippen molar-refractivity contribution in [3.8, 4) is 0 Å². The van der Waals surface area contributed by atoms with E-state index in [1.165, 1.54) is 11.3 Å². The highest BCUT2D eigenvalue weighted by Gasteiger charge is 2.28. The minimum atomic E-state index is 0.0682. The number of carbonyl (C=O) groups excluding carboxylic acids is 1. The number of aromatic nitrogens is 3. The van der Waals surface area contributed by atoms with E-state index in [0.717, 1.165) is 42.0 Å². The maximum Gasteiger partial charge on any atom is 0.295 e. The Balaban J connectivity index is 1.23. The number of benzene rings is 1. The summed E-state index contributed by atoms with van der Waals surface area (Å²) in [5.74, 6) is 0.449. The number of nitrogens with zero attached hydrogens (tertiary/aromatic N) is 4. The highest BCUT2D eigenvalue weighted by atomic mass is 32.1. The average molecular weight is 367 g/mol. The molecule has 26 heavy (non-hydrogen) atoms. The standard InChI is InChI=1S/C18H17N5O2S/c24-17(14-10-26-16-8-19-11-23(14)16)22-6-5-12(9-22)7-20-18-21-13-3-1-2-4-15(13)25-18/h1-4,8,10-12H,5-7,9H2,(H,20,21). The summed E-state index contributed by atoms with van der Waals surface area (Å²) in [6.07, 6.45) is 4.44. The molecule has 1 atom stereocenters. The zero-order chi connectivity index (χ0) is 17.5. The maximum absolute atomic E-state index is 12.8. The summed E-state index contributed by atoms with van der Waals surface area (Å²) in [6, 6.07) is 8.24. The van der Waals surface area contributed by atoms with E-state index in [1.54, 1.807) is 12.5 Å². The van der Waals surface area contributed by atoms with E-state index < -0.39 is 0 Å². The fourth-order valence-electron chi connectivity index (χ4n) is 3.40. The van der Waals surface area contributed by atoms with Gasteiger partial charge in [-0.3, -0.25) is 9.20 Å². The van der Waals surface area contributed by atoms with E-state index in [9.17, 15) is 4.79 Å². The molecular weight excluding hydrogens is 350 g/mol. The first-order valence-electron chi connectivity index (χ1n) is 8.56. The van der Waals surface area contributed by atoms with E-state index in [1.807, 2.05) is 38.9 Å². The highest BCUT2D eigenvalue weighted by Crippen LogP contribution is 2.23. The third-order valence-corrected chi connectivity index (χ3v) is 5.67. The lowest BCUT2D eigenvalue weighted by atomic mass is 10.1. The SMILES string of the molecule is O=C(c1csc2cncn12)N1CCC(CNc2nc3ccccc3o2)C1. The van der Waals surface area contributed by atoms with Gasteiger partial charge in [0.2, 0.25) is 0 Å². The van der Waals surface area contributed by atoms with Crippen molar-refractivity contribution in [3.05, 3.63) is 47.9 Å². The van der Waals surface area contributed by atoms with Gasteiger partial charge in [0.1, 0.15) is 22.4 Å².